The molecule has 36 valence electrons. The fraction of sp³-hybridized carbons (Fsp3) is 0. The van der Waals surface area contributed by atoms with Crippen molar-refractivity contribution in [3.05, 3.63) is 0 Å². The minimum absolute atomic E-state index is 0. The quantitative estimate of drug-likeness (QED) is 0.431. The van der Waals surface area contributed by atoms with E-state index < -0.39 is 47.4 Å². The third-order valence-corrected chi connectivity index (χ3v) is 5.13. The van der Waals surface area contributed by atoms with E-state index in [1.807, 2.05) is 0 Å². The summed E-state index contributed by atoms with van der Waals surface area (Å²) in [6.07, 6.45) is 0. The second kappa shape index (κ2) is 9.56. The van der Waals surface area contributed by atoms with Crippen molar-refractivity contribution in [1.82, 2.24) is 0 Å². The molecule has 0 aliphatic heterocycles. The SMILES string of the molecule is O.[O]=[Bi][O][Bi]=[O]. The van der Waals surface area contributed by atoms with Crippen molar-refractivity contribution >= 4 is 47.4 Å². The Balaban J connectivity index is 0. The van der Waals surface area contributed by atoms with Gasteiger partial charge in [-0.25, -0.2) is 0 Å². The topological polar surface area (TPSA) is 74.9 Å². The molecule has 0 rings (SSSR count). The molecule has 0 aromatic carbocycles. The van der Waals surface area contributed by atoms with Gasteiger partial charge in [0.1, 0.15) is 0 Å². The van der Waals surface area contributed by atoms with Crippen molar-refractivity contribution in [2.24, 2.45) is 0 Å². The second-order valence-corrected chi connectivity index (χ2v) is 7.60. The van der Waals surface area contributed by atoms with Crippen molar-refractivity contribution in [3.63, 3.8) is 0 Å². The first kappa shape index (κ1) is 10.3. The summed E-state index contributed by atoms with van der Waals surface area (Å²) in [5.74, 6) is 0. The summed E-state index contributed by atoms with van der Waals surface area (Å²) in [7, 11) is 0. The van der Waals surface area contributed by atoms with Crippen molar-refractivity contribution in [3.8, 4) is 0 Å². The maximum atomic E-state index is 9.33. The van der Waals surface area contributed by atoms with Gasteiger partial charge in [0.05, 0.1) is 0 Å². The van der Waals surface area contributed by atoms with Crippen LogP contribution in [0.25, 0.3) is 0 Å². The van der Waals surface area contributed by atoms with Crippen LogP contribution in [0.4, 0.5) is 0 Å². The standard InChI is InChI=1S/2Bi.H2O.3O/h;;1H2;;;. The predicted molar refractivity (Wildman–Crippen MR) is 17.6 cm³/mol. The van der Waals surface area contributed by atoms with Gasteiger partial charge in [0.2, 0.25) is 0 Å². The minimum atomic E-state index is -1.85. The fourth-order valence-corrected chi connectivity index (χ4v) is 1.05. The molecule has 0 fully saturated rings. The van der Waals surface area contributed by atoms with E-state index in [-0.39, 0.29) is 5.48 Å². The number of hydrogen-bond acceptors (Lipinski definition) is 3. The molecule has 0 spiro atoms. The Bertz CT molecular complexity index is 34.8. The molecule has 0 bridgehead atoms. The molecule has 0 aromatic heterocycles. The van der Waals surface area contributed by atoms with E-state index in [0.717, 1.165) is 0 Å². The van der Waals surface area contributed by atoms with Gasteiger partial charge in [0.15, 0.2) is 0 Å². The third-order valence-electron chi connectivity index (χ3n) is 0.0667. The maximum absolute atomic E-state index is 9.33. The van der Waals surface area contributed by atoms with Crippen molar-refractivity contribution < 1.29 is 12.0 Å². The summed E-state index contributed by atoms with van der Waals surface area (Å²) in [6, 6.07) is 0. The Hall–Kier alpha value is 1.29. The molecule has 4 nitrogen and oxygen atoms in total. The van der Waals surface area contributed by atoms with Gasteiger partial charge < -0.3 is 5.48 Å². The zero-order chi connectivity index (χ0) is 4.12. The molecule has 0 saturated carbocycles. The zero-order valence-corrected chi connectivity index (χ0v) is 9.57. The van der Waals surface area contributed by atoms with Crippen LogP contribution < -0.4 is 0 Å². The van der Waals surface area contributed by atoms with Crippen molar-refractivity contribution in [1.29, 1.82) is 0 Å². The van der Waals surface area contributed by atoms with Crippen LogP contribution in [0.2, 0.25) is 0 Å². The molecule has 6 heavy (non-hydrogen) atoms. The molecular weight excluding hydrogens is 482 g/mol. The summed E-state index contributed by atoms with van der Waals surface area (Å²) in [4.78, 5) is 0. The first-order valence-electron chi connectivity index (χ1n) is 0.730. The Morgan fingerprint density at radius 3 is 1.50 bits per heavy atom. The van der Waals surface area contributed by atoms with Gasteiger partial charge in [-0.15, -0.1) is 0 Å². The van der Waals surface area contributed by atoms with Crippen molar-refractivity contribution in [2.45, 2.75) is 0 Å². The summed E-state index contributed by atoms with van der Waals surface area (Å²) >= 11 is -3.69. The molecule has 0 amide bonds. The van der Waals surface area contributed by atoms with E-state index in [1.165, 1.54) is 0 Å². The first-order chi connectivity index (χ1) is 2.41. The first-order valence-corrected chi connectivity index (χ1v) is 6.41. The van der Waals surface area contributed by atoms with E-state index >= 15 is 0 Å². The fourth-order valence-electron chi connectivity index (χ4n) is 0.0136. The normalized spacial score (nSPS) is 5.33. The summed E-state index contributed by atoms with van der Waals surface area (Å²) in [5.41, 5.74) is 0. The van der Waals surface area contributed by atoms with Crippen molar-refractivity contribution in [2.75, 3.05) is 0 Å². The van der Waals surface area contributed by atoms with Crippen LogP contribution >= 0.6 is 0 Å². The molecule has 0 aliphatic rings. The van der Waals surface area contributed by atoms with E-state index in [4.69, 9.17) is 0 Å². The van der Waals surface area contributed by atoms with Crippen LogP contribution in [0, 0.1) is 0 Å². The molecule has 6 heteroatoms. The average molecular weight is 484 g/mol. The Morgan fingerprint density at radius 1 is 1.17 bits per heavy atom. The van der Waals surface area contributed by atoms with Gasteiger partial charge in [0, 0.05) is 0 Å². The second-order valence-electron chi connectivity index (χ2n) is 0.231. The Kier molecular flexibility index (Phi) is 16.4. The van der Waals surface area contributed by atoms with Gasteiger partial charge in [-0.1, -0.05) is 0 Å². The van der Waals surface area contributed by atoms with Gasteiger partial charge in [-0.2, -0.15) is 0 Å². The van der Waals surface area contributed by atoms with Gasteiger partial charge in [-0.05, 0) is 0 Å². The van der Waals surface area contributed by atoms with Crippen LogP contribution in [0.15, 0.2) is 0 Å². The van der Waals surface area contributed by atoms with Gasteiger partial charge in [-0.3, -0.25) is 0 Å². The van der Waals surface area contributed by atoms with E-state index in [2.05, 4.69) is 0.889 Å². The molecule has 0 unspecified atom stereocenters. The third kappa shape index (κ3) is 8.99. The Labute approximate surface area is 58.8 Å². The molecule has 2 N–H and O–H groups in total. The van der Waals surface area contributed by atoms with Crippen LogP contribution in [0.1, 0.15) is 0 Å². The summed E-state index contributed by atoms with van der Waals surface area (Å²) < 4.78 is 22.8. The zero-order valence-electron chi connectivity index (χ0n) is 2.62. The molecule has 0 heterocycles. The Morgan fingerprint density at radius 2 is 1.50 bits per heavy atom. The molecule has 0 atom stereocenters. The van der Waals surface area contributed by atoms with Gasteiger partial charge >= 0.3 is 53.9 Å². The van der Waals surface area contributed by atoms with Crippen LogP contribution in [0.3, 0.4) is 0 Å². The number of hydrogen-bond donors (Lipinski definition) is 0. The molecule has 0 saturated heterocycles. The summed E-state index contributed by atoms with van der Waals surface area (Å²) in [6.45, 7) is 0. The van der Waals surface area contributed by atoms with E-state index in [1.54, 1.807) is 0 Å². The summed E-state index contributed by atoms with van der Waals surface area (Å²) in [5, 5.41) is 0. The predicted octanol–water partition coefficient (Wildman–Crippen LogP) is -1.89. The van der Waals surface area contributed by atoms with Gasteiger partial charge in [0.25, 0.3) is 0 Å². The average Bonchev–Trinajstić information content (AvgIpc) is 1.41. The molecule has 0 aromatic rings. The van der Waals surface area contributed by atoms with Crippen LogP contribution in [-0.2, 0) is 6.52 Å². The molecule has 0 aliphatic carbocycles. The number of rotatable bonds is 2. The van der Waals surface area contributed by atoms with Crippen LogP contribution in [-0.4, -0.2) is 52.8 Å². The molecular formula is H2Bi2O4. The molecule has 0 radical (unpaired) electrons. The van der Waals surface area contributed by atoms with E-state index in [9.17, 15) is 5.63 Å². The monoisotopic (exact) mass is 484 g/mol. The van der Waals surface area contributed by atoms with E-state index in [0.29, 0.717) is 0 Å². The van der Waals surface area contributed by atoms with Crippen LogP contribution in [0.5, 0.6) is 0 Å².